The Bertz CT molecular complexity index is 789. The van der Waals surface area contributed by atoms with Gasteiger partial charge in [0.2, 0.25) is 0 Å². The number of nitrogens with one attached hydrogen (secondary N) is 2. The number of benzene rings is 2. The number of nitrogens with zero attached hydrogens (tertiary/aromatic N) is 1. The number of quaternary nitrogens is 1. The SMILES string of the molecule is COc1ccccc1N1CC[NH+]([C@H](C(=O)NC(N)=O)c2ccccc2)CC1. The van der Waals surface area contributed by atoms with Crippen molar-refractivity contribution in [2.75, 3.05) is 38.2 Å². The molecule has 0 bridgehead atoms. The Kier molecular flexibility index (Phi) is 5.93. The first-order chi connectivity index (χ1) is 13.1. The topological polar surface area (TPSA) is 89.1 Å². The first kappa shape index (κ1) is 18.7. The summed E-state index contributed by atoms with van der Waals surface area (Å²) in [5.74, 6) is 0.474. The van der Waals surface area contributed by atoms with Gasteiger partial charge in [0.1, 0.15) is 5.75 Å². The monoisotopic (exact) mass is 369 g/mol. The van der Waals surface area contributed by atoms with Gasteiger partial charge < -0.3 is 20.3 Å². The average molecular weight is 369 g/mol. The highest BCUT2D eigenvalue weighted by atomic mass is 16.5. The van der Waals surface area contributed by atoms with Crippen LogP contribution in [0.2, 0.25) is 0 Å². The number of primary amides is 1. The van der Waals surface area contributed by atoms with Crippen molar-refractivity contribution in [3.8, 4) is 5.75 Å². The standard InChI is InChI=1S/C20H24N4O3/c1-27-17-10-6-5-9-16(17)23-11-13-24(14-12-23)18(19(25)22-20(21)26)15-7-3-2-4-8-15/h2-10,18H,11-14H2,1H3,(H3,21,22,25,26)/p+1/t18-/m0/s1. The maximum absolute atomic E-state index is 12.6. The number of rotatable bonds is 5. The van der Waals surface area contributed by atoms with Gasteiger partial charge in [-0.2, -0.15) is 0 Å². The highest BCUT2D eigenvalue weighted by Gasteiger charge is 2.35. The van der Waals surface area contributed by atoms with Gasteiger partial charge in [-0.05, 0) is 12.1 Å². The maximum atomic E-state index is 12.6. The molecule has 0 saturated carbocycles. The summed E-state index contributed by atoms with van der Waals surface area (Å²) in [6.45, 7) is 3.07. The molecule has 1 fully saturated rings. The fourth-order valence-electron chi connectivity index (χ4n) is 3.63. The van der Waals surface area contributed by atoms with E-state index in [1.807, 2.05) is 54.6 Å². The molecule has 3 rings (SSSR count). The first-order valence-corrected chi connectivity index (χ1v) is 8.98. The van der Waals surface area contributed by atoms with E-state index < -0.39 is 12.1 Å². The lowest BCUT2D eigenvalue weighted by Crippen LogP contribution is -3.16. The van der Waals surface area contributed by atoms with E-state index in [0.29, 0.717) is 0 Å². The number of hydrogen-bond donors (Lipinski definition) is 3. The average Bonchev–Trinajstić information content (AvgIpc) is 2.69. The highest BCUT2D eigenvalue weighted by Crippen LogP contribution is 2.27. The summed E-state index contributed by atoms with van der Waals surface area (Å²) in [5, 5.41) is 2.25. The summed E-state index contributed by atoms with van der Waals surface area (Å²) in [6.07, 6.45) is 0. The predicted octanol–water partition coefficient (Wildman–Crippen LogP) is 0.336. The molecule has 0 radical (unpaired) electrons. The van der Waals surface area contributed by atoms with Crippen LogP contribution in [0.3, 0.4) is 0 Å². The molecule has 0 spiro atoms. The second-order valence-corrected chi connectivity index (χ2v) is 6.51. The molecular formula is C20H25N4O3+. The van der Waals surface area contributed by atoms with Crippen LogP contribution < -0.4 is 25.6 Å². The highest BCUT2D eigenvalue weighted by molar-refractivity contribution is 5.96. The lowest BCUT2D eigenvalue weighted by Gasteiger charge is -2.37. The van der Waals surface area contributed by atoms with Crippen LogP contribution in [0.25, 0.3) is 0 Å². The molecule has 27 heavy (non-hydrogen) atoms. The number of nitrogens with two attached hydrogens (primary N) is 1. The molecule has 142 valence electrons. The van der Waals surface area contributed by atoms with Gasteiger partial charge in [-0.25, -0.2) is 4.79 Å². The van der Waals surface area contributed by atoms with Gasteiger partial charge in [0.15, 0.2) is 6.04 Å². The molecule has 2 aromatic rings. The smallest absolute Gasteiger partial charge is 0.319 e. The molecule has 1 saturated heterocycles. The molecule has 4 N–H and O–H groups in total. The molecule has 1 atom stereocenters. The number of urea groups is 1. The molecule has 7 nitrogen and oxygen atoms in total. The molecule has 3 amide bonds. The molecule has 1 aliphatic heterocycles. The first-order valence-electron chi connectivity index (χ1n) is 8.98. The fraction of sp³-hybridized carbons (Fsp3) is 0.300. The Morgan fingerprint density at radius 2 is 1.70 bits per heavy atom. The second kappa shape index (κ2) is 8.55. The third-order valence-electron chi connectivity index (χ3n) is 4.88. The van der Waals surface area contributed by atoms with E-state index >= 15 is 0 Å². The number of anilines is 1. The van der Waals surface area contributed by atoms with Crippen molar-refractivity contribution < 1.29 is 19.2 Å². The van der Waals surface area contributed by atoms with E-state index in [0.717, 1.165) is 48.1 Å². The van der Waals surface area contributed by atoms with Crippen LogP contribution in [0.1, 0.15) is 11.6 Å². The van der Waals surface area contributed by atoms with E-state index in [1.54, 1.807) is 7.11 Å². The van der Waals surface area contributed by atoms with Crippen LogP contribution >= 0.6 is 0 Å². The predicted molar refractivity (Wildman–Crippen MR) is 103 cm³/mol. The van der Waals surface area contributed by atoms with Crippen LogP contribution in [0.15, 0.2) is 54.6 Å². The number of carbonyl (C=O) groups is 2. The third kappa shape index (κ3) is 4.38. The minimum Gasteiger partial charge on any atom is -0.495 e. The molecule has 1 heterocycles. The molecule has 1 aliphatic rings. The van der Waals surface area contributed by atoms with Crippen LogP contribution in [0.4, 0.5) is 10.5 Å². The summed E-state index contributed by atoms with van der Waals surface area (Å²) in [4.78, 5) is 27.2. The Balaban J connectivity index is 1.76. The maximum Gasteiger partial charge on any atom is 0.319 e. The number of carbonyl (C=O) groups excluding carboxylic acids is 2. The second-order valence-electron chi connectivity index (χ2n) is 6.51. The zero-order valence-electron chi connectivity index (χ0n) is 15.4. The number of methoxy groups -OCH3 is 1. The zero-order chi connectivity index (χ0) is 19.2. The van der Waals surface area contributed by atoms with Crippen molar-refractivity contribution in [1.82, 2.24) is 5.32 Å². The number of imide groups is 1. The van der Waals surface area contributed by atoms with Gasteiger partial charge in [0.05, 0.1) is 39.0 Å². The van der Waals surface area contributed by atoms with E-state index in [1.165, 1.54) is 0 Å². The molecule has 0 aliphatic carbocycles. The molecule has 0 aromatic heterocycles. The van der Waals surface area contributed by atoms with Crippen molar-refractivity contribution in [1.29, 1.82) is 0 Å². The summed E-state index contributed by atoms with van der Waals surface area (Å²) in [5.41, 5.74) is 7.09. The number of piperazine rings is 1. The van der Waals surface area contributed by atoms with Crippen molar-refractivity contribution in [3.05, 3.63) is 60.2 Å². The minimum atomic E-state index is -0.826. The van der Waals surface area contributed by atoms with Crippen molar-refractivity contribution in [3.63, 3.8) is 0 Å². The third-order valence-corrected chi connectivity index (χ3v) is 4.88. The number of ether oxygens (including phenoxy) is 1. The Morgan fingerprint density at radius 1 is 1.07 bits per heavy atom. The van der Waals surface area contributed by atoms with E-state index in [2.05, 4.69) is 10.2 Å². The summed E-state index contributed by atoms with van der Waals surface area (Å²) >= 11 is 0. The van der Waals surface area contributed by atoms with Gasteiger partial charge in [0, 0.05) is 5.56 Å². The summed E-state index contributed by atoms with van der Waals surface area (Å²) in [6, 6.07) is 16.1. The molecular weight excluding hydrogens is 344 g/mol. The quantitative estimate of drug-likeness (QED) is 0.709. The van der Waals surface area contributed by atoms with E-state index in [-0.39, 0.29) is 5.91 Å². The van der Waals surface area contributed by atoms with E-state index in [4.69, 9.17) is 10.5 Å². The van der Waals surface area contributed by atoms with Crippen LogP contribution in [0, 0.1) is 0 Å². The largest absolute Gasteiger partial charge is 0.495 e. The summed E-state index contributed by atoms with van der Waals surface area (Å²) < 4.78 is 5.46. The van der Waals surface area contributed by atoms with Gasteiger partial charge in [-0.1, -0.05) is 42.5 Å². The van der Waals surface area contributed by atoms with E-state index in [9.17, 15) is 9.59 Å². The Morgan fingerprint density at radius 3 is 2.33 bits per heavy atom. The van der Waals surface area contributed by atoms with Crippen molar-refractivity contribution in [2.24, 2.45) is 5.73 Å². The van der Waals surface area contributed by atoms with Gasteiger partial charge in [-0.3, -0.25) is 10.1 Å². The fourth-order valence-corrected chi connectivity index (χ4v) is 3.63. The van der Waals surface area contributed by atoms with Crippen LogP contribution in [-0.2, 0) is 4.79 Å². The lowest BCUT2D eigenvalue weighted by atomic mass is 10.0. The number of amides is 3. The summed E-state index contributed by atoms with van der Waals surface area (Å²) in [7, 11) is 1.67. The van der Waals surface area contributed by atoms with Gasteiger partial charge >= 0.3 is 6.03 Å². The zero-order valence-corrected chi connectivity index (χ0v) is 15.4. The number of para-hydroxylation sites is 2. The van der Waals surface area contributed by atoms with Gasteiger partial charge in [-0.15, -0.1) is 0 Å². The normalized spacial score (nSPS) is 15.8. The van der Waals surface area contributed by atoms with Crippen molar-refractivity contribution >= 4 is 17.6 Å². The number of hydrogen-bond acceptors (Lipinski definition) is 4. The van der Waals surface area contributed by atoms with Crippen molar-refractivity contribution in [2.45, 2.75) is 6.04 Å². The Hall–Kier alpha value is -3.06. The van der Waals surface area contributed by atoms with Gasteiger partial charge in [0.25, 0.3) is 5.91 Å². The lowest BCUT2D eigenvalue weighted by molar-refractivity contribution is -0.922. The molecule has 2 aromatic carbocycles. The van der Waals surface area contributed by atoms with Crippen LogP contribution in [-0.4, -0.2) is 45.2 Å². The van der Waals surface area contributed by atoms with Crippen LogP contribution in [0.5, 0.6) is 5.75 Å². The molecule has 0 unspecified atom stereocenters. The Labute approximate surface area is 158 Å². The minimum absolute atomic E-state index is 0.366. The molecule has 7 heteroatoms.